The summed E-state index contributed by atoms with van der Waals surface area (Å²) in [5.41, 5.74) is 1.88. The molecule has 0 saturated heterocycles. The molecule has 1 saturated carbocycles. The van der Waals surface area contributed by atoms with Crippen LogP contribution in [0.25, 0.3) is 0 Å². The fraction of sp³-hybridized carbons (Fsp3) is 0.750. The Morgan fingerprint density at radius 1 is 1.33 bits per heavy atom. The summed E-state index contributed by atoms with van der Waals surface area (Å²) in [6.07, 6.45) is 6.46. The second-order valence-corrected chi connectivity index (χ2v) is 6.32. The number of hydrogen-bond acceptors (Lipinski definition) is 4. The molecule has 0 unspecified atom stereocenters. The smallest absolute Gasteiger partial charge is 0.224 e. The van der Waals surface area contributed by atoms with E-state index < -0.39 is 0 Å². The van der Waals surface area contributed by atoms with Gasteiger partial charge in [0.15, 0.2) is 0 Å². The zero-order chi connectivity index (χ0) is 15.5. The Morgan fingerprint density at radius 2 is 2.00 bits per heavy atom. The molecule has 0 radical (unpaired) electrons. The number of amides is 1. The Hall–Kier alpha value is -1.36. The zero-order valence-electron chi connectivity index (χ0n) is 13.7. The molecule has 1 fully saturated rings. The van der Waals surface area contributed by atoms with Crippen molar-refractivity contribution < 1.29 is 9.32 Å². The fourth-order valence-electron chi connectivity index (χ4n) is 3.22. The minimum absolute atomic E-state index is 0.0116. The SMILES string of the molecule is CNC1(CC(=O)N(C)Cc2c(C)noc2C)CCCCC1. The first kappa shape index (κ1) is 16.0. The maximum atomic E-state index is 12.6. The predicted molar refractivity (Wildman–Crippen MR) is 81.9 cm³/mol. The number of aryl methyl sites for hydroxylation is 2. The molecule has 1 aromatic heterocycles. The van der Waals surface area contributed by atoms with Gasteiger partial charge in [-0.1, -0.05) is 24.4 Å². The third-order valence-electron chi connectivity index (χ3n) is 4.83. The quantitative estimate of drug-likeness (QED) is 0.906. The van der Waals surface area contributed by atoms with E-state index in [0.717, 1.165) is 29.9 Å². The largest absolute Gasteiger partial charge is 0.361 e. The van der Waals surface area contributed by atoms with Crippen molar-refractivity contribution in [1.29, 1.82) is 0 Å². The molecule has 1 heterocycles. The van der Waals surface area contributed by atoms with E-state index in [1.54, 1.807) is 4.90 Å². The topological polar surface area (TPSA) is 58.4 Å². The standard InChI is InChI=1S/C16H27N3O2/c1-12-14(13(2)21-18-12)11-19(4)15(20)10-16(17-3)8-6-5-7-9-16/h17H,5-11H2,1-4H3. The van der Waals surface area contributed by atoms with Gasteiger partial charge < -0.3 is 14.7 Å². The first-order valence-electron chi connectivity index (χ1n) is 7.82. The van der Waals surface area contributed by atoms with Crippen LogP contribution in [-0.4, -0.2) is 35.6 Å². The van der Waals surface area contributed by atoms with E-state index in [-0.39, 0.29) is 11.4 Å². The molecule has 5 nitrogen and oxygen atoms in total. The number of carbonyl (C=O) groups is 1. The first-order valence-corrected chi connectivity index (χ1v) is 7.82. The van der Waals surface area contributed by atoms with Crippen molar-refractivity contribution in [3.63, 3.8) is 0 Å². The number of aromatic nitrogens is 1. The van der Waals surface area contributed by atoms with Crippen molar-refractivity contribution in [1.82, 2.24) is 15.4 Å². The Kier molecular flexibility index (Phi) is 5.04. The van der Waals surface area contributed by atoms with Crippen molar-refractivity contribution in [2.75, 3.05) is 14.1 Å². The highest BCUT2D eigenvalue weighted by atomic mass is 16.5. The molecule has 118 valence electrons. The molecule has 1 N–H and O–H groups in total. The van der Waals surface area contributed by atoms with Crippen LogP contribution in [-0.2, 0) is 11.3 Å². The van der Waals surface area contributed by atoms with Crippen molar-refractivity contribution in [2.24, 2.45) is 0 Å². The minimum Gasteiger partial charge on any atom is -0.361 e. The van der Waals surface area contributed by atoms with E-state index in [0.29, 0.717) is 13.0 Å². The van der Waals surface area contributed by atoms with Gasteiger partial charge in [0.05, 0.1) is 12.2 Å². The molecule has 0 aliphatic heterocycles. The molecular weight excluding hydrogens is 266 g/mol. The Labute approximate surface area is 127 Å². The van der Waals surface area contributed by atoms with Gasteiger partial charge in [-0.15, -0.1) is 0 Å². The lowest BCUT2D eigenvalue weighted by molar-refractivity contribution is -0.132. The Balaban J connectivity index is 1.99. The van der Waals surface area contributed by atoms with Gasteiger partial charge in [-0.2, -0.15) is 0 Å². The first-order chi connectivity index (χ1) is 9.97. The number of hydrogen-bond donors (Lipinski definition) is 1. The van der Waals surface area contributed by atoms with Gasteiger partial charge >= 0.3 is 0 Å². The molecule has 1 amide bonds. The van der Waals surface area contributed by atoms with E-state index in [4.69, 9.17) is 4.52 Å². The molecule has 0 bridgehead atoms. The lowest BCUT2D eigenvalue weighted by Gasteiger charge is -2.37. The van der Waals surface area contributed by atoms with Crippen molar-refractivity contribution in [2.45, 2.75) is 64.5 Å². The van der Waals surface area contributed by atoms with Crippen molar-refractivity contribution in [3.8, 4) is 0 Å². The van der Waals surface area contributed by atoms with E-state index in [1.165, 1.54) is 19.3 Å². The van der Waals surface area contributed by atoms with Crippen LogP contribution in [0.4, 0.5) is 0 Å². The predicted octanol–water partition coefficient (Wildman–Crippen LogP) is 2.56. The van der Waals surface area contributed by atoms with Crippen LogP contribution >= 0.6 is 0 Å². The summed E-state index contributed by atoms with van der Waals surface area (Å²) in [5, 5.41) is 7.36. The summed E-state index contributed by atoms with van der Waals surface area (Å²) in [6, 6.07) is 0. The van der Waals surface area contributed by atoms with Crippen LogP contribution in [0.5, 0.6) is 0 Å². The van der Waals surface area contributed by atoms with E-state index in [2.05, 4.69) is 10.5 Å². The average molecular weight is 293 g/mol. The van der Waals surface area contributed by atoms with Gasteiger partial charge in [0, 0.05) is 24.6 Å². The van der Waals surface area contributed by atoms with Gasteiger partial charge in [0.25, 0.3) is 0 Å². The van der Waals surface area contributed by atoms with Crippen molar-refractivity contribution >= 4 is 5.91 Å². The Bertz CT molecular complexity index is 470. The molecule has 0 spiro atoms. The molecule has 1 aromatic rings. The maximum Gasteiger partial charge on any atom is 0.224 e. The van der Waals surface area contributed by atoms with Crippen LogP contribution in [0.3, 0.4) is 0 Å². The minimum atomic E-state index is -0.0116. The van der Waals surface area contributed by atoms with Gasteiger partial charge in [0.1, 0.15) is 5.76 Å². The molecule has 0 atom stereocenters. The summed E-state index contributed by atoms with van der Waals surface area (Å²) in [5.74, 6) is 0.986. The monoisotopic (exact) mass is 293 g/mol. The molecule has 1 aliphatic rings. The summed E-state index contributed by atoms with van der Waals surface area (Å²) in [6.45, 7) is 4.38. The van der Waals surface area contributed by atoms with E-state index in [9.17, 15) is 4.79 Å². The van der Waals surface area contributed by atoms with E-state index >= 15 is 0 Å². The van der Waals surface area contributed by atoms with Crippen LogP contribution in [0.2, 0.25) is 0 Å². The molecule has 0 aromatic carbocycles. The highest BCUT2D eigenvalue weighted by Crippen LogP contribution is 2.31. The lowest BCUT2D eigenvalue weighted by atomic mass is 9.79. The summed E-state index contributed by atoms with van der Waals surface area (Å²) < 4.78 is 5.17. The number of carbonyl (C=O) groups excluding carboxylic acids is 1. The second-order valence-electron chi connectivity index (χ2n) is 6.32. The highest BCUT2D eigenvalue weighted by Gasteiger charge is 2.33. The molecular formula is C16H27N3O2. The number of nitrogens with one attached hydrogen (secondary N) is 1. The molecule has 21 heavy (non-hydrogen) atoms. The van der Waals surface area contributed by atoms with Gasteiger partial charge in [0.2, 0.25) is 5.91 Å². The van der Waals surface area contributed by atoms with E-state index in [1.807, 2.05) is 27.9 Å². The summed E-state index contributed by atoms with van der Waals surface area (Å²) in [7, 11) is 3.84. The molecule has 5 heteroatoms. The van der Waals surface area contributed by atoms with Crippen molar-refractivity contribution in [3.05, 3.63) is 17.0 Å². The van der Waals surface area contributed by atoms with Crippen LogP contribution in [0.1, 0.15) is 55.5 Å². The third-order valence-corrected chi connectivity index (χ3v) is 4.83. The Morgan fingerprint density at radius 3 is 2.52 bits per heavy atom. The molecule has 1 aliphatic carbocycles. The van der Waals surface area contributed by atoms with Crippen LogP contribution in [0.15, 0.2) is 4.52 Å². The average Bonchev–Trinajstić information content (AvgIpc) is 2.80. The summed E-state index contributed by atoms with van der Waals surface area (Å²) >= 11 is 0. The maximum absolute atomic E-state index is 12.6. The fourth-order valence-corrected chi connectivity index (χ4v) is 3.22. The third kappa shape index (κ3) is 3.64. The summed E-state index contributed by atoms with van der Waals surface area (Å²) in [4.78, 5) is 14.4. The van der Waals surface area contributed by atoms with Gasteiger partial charge in [-0.3, -0.25) is 4.79 Å². The normalized spacial score (nSPS) is 17.7. The highest BCUT2D eigenvalue weighted by molar-refractivity contribution is 5.77. The van der Waals surface area contributed by atoms with Crippen LogP contribution in [0, 0.1) is 13.8 Å². The second kappa shape index (κ2) is 6.60. The zero-order valence-corrected chi connectivity index (χ0v) is 13.7. The number of rotatable bonds is 5. The van der Waals surface area contributed by atoms with Gasteiger partial charge in [-0.25, -0.2) is 0 Å². The molecule has 2 rings (SSSR count). The lowest BCUT2D eigenvalue weighted by Crippen LogP contribution is -2.48. The van der Waals surface area contributed by atoms with Crippen LogP contribution < -0.4 is 5.32 Å². The number of nitrogens with zero attached hydrogens (tertiary/aromatic N) is 2. The van der Waals surface area contributed by atoms with Gasteiger partial charge in [-0.05, 0) is 33.7 Å².